The van der Waals surface area contributed by atoms with Gasteiger partial charge in [-0.1, -0.05) is 34.8 Å². The van der Waals surface area contributed by atoms with Gasteiger partial charge >= 0.3 is 0 Å². The van der Waals surface area contributed by atoms with Crippen molar-refractivity contribution in [3.05, 3.63) is 28.2 Å². The number of aryl methyl sites for hydroxylation is 1. The van der Waals surface area contributed by atoms with E-state index in [1.165, 1.54) is 12.8 Å². The summed E-state index contributed by atoms with van der Waals surface area (Å²) < 4.78 is 28.5. The van der Waals surface area contributed by atoms with E-state index in [-0.39, 0.29) is 6.04 Å². The first-order chi connectivity index (χ1) is 8.90. The summed E-state index contributed by atoms with van der Waals surface area (Å²) in [6.45, 7) is 3.79. The van der Waals surface area contributed by atoms with Gasteiger partial charge in [0.15, 0.2) is 0 Å². The van der Waals surface area contributed by atoms with Crippen LogP contribution in [0.1, 0.15) is 38.2 Å². The molecule has 0 amide bonds. The van der Waals surface area contributed by atoms with Crippen LogP contribution in [0.5, 0.6) is 0 Å². The minimum Gasteiger partial charge on any atom is -0.208 e. The molecule has 0 aromatic heterocycles. The van der Waals surface area contributed by atoms with Crippen molar-refractivity contribution in [1.82, 2.24) is 4.72 Å². The van der Waals surface area contributed by atoms with Crippen LogP contribution >= 0.6 is 15.9 Å². The normalized spacial score (nSPS) is 18.7. The third-order valence-corrected chi connectivity index (χ3v) is 6.08. The van der Waals surface area contributed by atoms with Crippen LogP contribution in [-0.2, 0) is 10.0 Å². The van der Waals surface area contributed by atoms with E-state index < -0.39 is 10.0 Å². The van der Waals surface area contributed by atoms with Gasteiger partial charge in [-0.2, -0.15) is 0 Å². The molecule has 1 fully saturated rings. The summed E-state index contributed by atoms with van der Waals surface area (Å²) in [5.74, 6) is 0.474. The van der Waals surface area contributed by atoms with Crippen LogP contribution in [0.25, 0.3) is 0 Å². The van der Waals surface area contributed by atoms with Gasteiger partial charge in [0, 0.05) is 10.5 Å². The summed E-state index contributed by atoms with van der Waals surface area (Å²) in [4.78, 5) is 0.367. The molecule has 0 spiro atoms. The van der Waals surface area contributed by atoms with E-state index in [0.29, 0.717) is 10.8 Å². The fourth-order valence-corrected chi connectivity index (χ4v) is 4.82. The summed E-state index contributed by atoms with van der Waals surface area (Å²) in [6, 6.07) is 5.35. The molecule has 19 heavy (non-hydrogen) atoms. The first-order valence-corrected chi connectivity index (χ1v) is 8.96. The lowest BCUT2D eigenvalue weighted by Gasteiger charge is -2.21. The first kappa shape index (κ1) is 15.0. The molecular weight excluding hydrogens is 326 g/mol. The SMILES string of the molecule is Cc1ccc(Br)cc1S(=O)(=O)NC(C)C1CCCC1. The zero-order valence-electron chi connectivity index (χ0n) is 11.3. The van der Waals surface area contributed by atoms with Gasteiger partial charge < -0.3 is 0 Å². The zero-order chi connectivity index (χ0) is 14.0. The summed E-state index contributed by atoms with van der Waals surface area (Å²) in [6.07, 6.45) is 4.68. The van der Waals surface area contributed by atoms with Crippen molar-refractivity contribution in [1.29, 1.82) is 0 Å². The van der Waals surface area contributed by atoms with Crippen LogP contribution in [0.15, 0.2) is 27.6 Å². The molecular formula is C14H20BrNO2S. The lowest BCUT2D eigenvalue weighted by atomic mass is 10.0. The van der Waals surface area contributed by atoms with Gasteiger partial charge in [0.25, 0.3) is 0 Å². The van der Waals surface area contributed by atoms with Gasteiger partial charge in [-0.15, -0.1) is 0 Å². The van der Waals surface area contributed by atoms with Crippen LogP contribution in [0.3, 0.4) is 0 Å². The highest BCUT2D eigenvalue weighted by Gasteiger charge is 2.26. The monoisotopic (exact) mass is 345 g/mol. The van der Waals surface area contributed by atoms with Crippen molar-refractivity contribution in [2.24, 2.45) is 5.92 Å². The number of nitrogens with one attached hydrogen (secondary N) is 1. The number of benzene rings is 1. The highest BCUT2D eigenvalue weighted by Crippen LogP contribution is 2.29. The summed E-state index contributed by atoms with van der Waals surface area (Å²) in [7, 11) is -3.43. The summed E-state index contributed by atoms with van der Waals surface area (Å²) >= 11 is 3.33. The van der Waals surface area contributed by atoms with Crippen LogP contribution in [0, 0.1) is 12.8 Å². The summed E-state index contributed by atoms with van der Waals surface area (Å²) in [5, 5.41) is 0. The van der Waals surface area contributed by atoms with Crippen LogP contribution < -0.4 is 4.72 Å². The minimum absolute atomic E-state index is 0.00545. The largest absolute Gasteiger partial charge is 0.241 e. The third-order valence-electron chi connectivity index (χ3n) is 3.89. The average molecular weight is 346 g/mol. The van der Waals surface area contributed by atoms with Crippen LogP contribution in [0.4, 0.5) is 0 Å². The van der Waals surface area contributed by atoms with Gasteiger partial charge in [0.1, 0.15) is 0 Å². The van der Waals surface area contributed by atoms with E-state index in [2.05, 4.69) is 20.7 Å². The van der Waals surface area contributed by atoms with Gasteiger partial charge in [-0.3, -0.25) is 0 Å². The maximum absolute atomic E-state index is 12.4. The topological polar surface area (TPSA) is 46.2 Å². The van der Waals surface area contributed by atoms with E-state index in [0.717, 1.165) is 22.9 Å². The Bertz CT molecular complexity index is 551. The highest BCUT2D eigenvalue weighted by atomic mass is 79.9. The Labute approximate surface area is 124 Å². The number of rotatable bonds is 4. The molecule has 0 saturated heterocycles. The fraction of sp³-hybridized carbons (Fsp3) is 0.571. The predicted octanol–water partition coefficient (Wildman–Crippen LogP) is 3.61. The van der Waals surface area contributed by atoms with Gasteiger partial charge in [0.2, 0.25) is 10.0 Å². The third kappa shape index (κ3) is 3.58. The van der Waals surface area contributed by atoms with Crippen molar-refractivity contribution >= 4 is 26.0 Å². The Kier molecular flexibility index (Phi) is 4.69. The number of sulfonamides is 1. The maximum Gasteiger partial charge on any atom is 0.241 e. The summed E-state index contributed by atoms with van der Waals surface area (Å²) in [5.41, 5.74) is 0.773. The Hall–Kier alpha value is -0.390. The van der Waals surface area contributed by atoms with Gasteiger partial charge in [-0.25, -0.2) is 13.1 Å². The molecule has 0 heterocycles. The molecule has 0 aliphatic heterocycles. The molecule has 1 N–H and O–H groups in total. The molecule has 3 nitrogen and oxygen atoms in total. The smallest absolute Gasteiger partial charge is 0.208 e. The van der Waals surface area contributed by atoms with Crippen LogP contribution in [0.2, 0.25) is 0 Å². The number of hydrogen-bond donors (Lipinski definition) is 1. The lowest BCUT2D eigenvalue weighted by molar-refractivity contribution is 0.424. The van der Waals surface area contributed by atoms with Crippen molar-refractivity contribution in [2.45, 2.75) is 50.5 Å². The van der Waals surface area contributed by atoms with Crippen molar-refractivity contribution in [3.8, 4) is 0 Å². The first-order valence-electron chi connectivity index (χ1n) is 6.68. The number of hydrogen-bond acceptors (Lipinski definition) is 2. The Morgan fingerprint density at radius 2 is 1.95 bits per heavy atom. The maximum atomic E-state index is 12.4. The molecule has 1 aromatic rings. The Morgan fingerprint density at radius 3 is 2.58 bits per heavy atom. The molecule has 1 atom stereocenters. The lowest BCUT2D eigenvalue weighted by Crippen LogP contribution is -2.37. The Balaban J connectivity index is 2.19. The molecule has 1 saturated carbocycles. The second kappa shape index (κ2) is 5.94. The zero-order valence-corrected chi connectivity index (χ0v) is 13.7. The Morgan fingerprint density at radius 1 is 1.32 bits per heavy atom. The average Bonchev–Trinajstić information content (AvgIpc) is 2.85. The van der Waals surface area contributed by atoms with E-state index in [1.807, 2.05) is 26.0 Å². The minimum atomic E-state index is -3.43. The van der Waals surface area contributed by atoms with E-state index in [1.54, 1.807) is 6.07 Å². The van der Waals surface area contributed by atoms with E-state index in [9.17, 15) is 8.42 Å². The molecule has 1 unspecified atom stereocenters. The molecule has 0 bridgehead atoms. The van der Waals surface area contributed by atoms with Gasteiger partial charge in [0.05, 0.1) is 4.90 Å². The fourth-order valence-electron chi connectivity index (χ4n) is 2.73. The quantitative estimate of drug-likeness (QED) is 0.905. The van der Waals surface area contributed by atoms with E-state index >= 15 is 0 Å². The highest BCUT2D eigenvalue weighted by molar-refractivity contribution is 9.10. The second-order valence-electron chi connectivity index (χ2n) is 5.36. The van der Waals surface area contributed by atoms with Crippen LogP contribution in [-0.4, -0.2) is 14.5 Å². The molecule has 2 rings (SSSR count). The number of halogens is 1. The van der Waals surface area contributed by atoms with Gasteiger partial charge in [-0.05, 0) is 50.3 Å². The van der Waals surface area contributed by atoms with Crippen molar-refractivity contribution in [2.75, 3.05) is 0 Å². The van der Waals surface area contributed by atoms with Crippen molar-refractivity contribution < 1.29 is 8.42 Å². The standard InChI is InChI=1S/C14H20BrNO2S/c1-10-7-8-13(15)9-14(10)19(17,18)16-11(2)12-5-3-4-6-12/h7-9,11-12,16H,3-6H2,1-2H3. The molecule has 106 valence electrons. The molecule has 1 aromatic carbocycles. The van der Waals surface area contributed by atoms with Crippen molar-refractivity contribution in [3.63, 3.8) is 0 Å². The predicted molar refractivity (Wildman–Crippen MR) is 80.6 cm³/mol. The van der Waals surface area contributed by atoms with E-state index in [4.69, 9.17) is 0 Å². The second-order valence-corrected chi connectivity index (χ2v) is 7.96. The molecule has 1 aliphatic rings. The molecule has 5 heteroatoms. The molecule has 1 aliphatic carbocycles. The molecule has 0 radical (unpaired) electrons.